The van der Waals surface area contributed by atoms with Crippen LogP contribution >= 0.6 is 35.0 Å². The second-order valence-corrected chi connectivity index (χ2v) is 7.82. The van der Waals surface area contributed by atoms with Gasteiger partial charge < -0.3 is 24.9 Å². The summed E-state index contributed by atoms with van der Waals surface area (Å²) in [4.78, 5) is 48.7. The average molecular weight is 467 g/mol. The van der Waals surface area contributed by atoms with Gasteiger partial charge in [-0.05, 0) is 17.5 Å². The van der Waals surface area contributed by atoms with E-state index < -0.39 is 41.2 Å². The van der Waals surface area contributed by atoms with E-state index in [1.807, 2.05) is 0 Å². The number of carbonyl (C=O) groups is 4. The van der Waals surface area contributed by atoms with Gasteiger partial charge in [-0.15, -0.1) is 11.8 Å². The fourth-order valence-corrected chi connectivity index (χ4v) is 4.71. The summed E-state index contributed by atoms with van der Waals surface area (Å²) in [7, 11) is 0. The number of halogens is 2. The molecule has 0 radical (unpaired) electrons. The Morgan fingerprint density at radius 2 is 1.90 bits per heavy atom. The summed E-state index contributed by atoms with van der Waals surface area (Å²) < 4.78 is 4.83. The summed E-state index contributed by atoms with van der Waals surface area (Å²) in [6, 6.07) is 2.22. The van der Waals surface area contributed by atoms with Gasteiger partial charge in [0.05, 0.1) is 27.6 Å². The number of hydrogen-bond acceptors (Lipinski definition) is 7. The molecule has 1 saturated heterocycles. The summed E-state index contributed by atoms with van der Waals surface area (Å²) in [6.07, 6.45) is 0. The van der Waals surface area contributed by atoms with Crippen LogP contribution in [0, 0.1) is 0 Å². The molecule has 12 heteroatoms. The smallest absolute Gasteiger partial charge is 0.548 e. The Hall–Kier alpha value is -1.23. The van der Waals surface area contributed by atoms with Gasteiger partial charge in [0, 0.05) is 12.5 Å². The van der Waals surface area contributed by atoms with Crippen LogP contribution in [0.5, 0.6) is 0 Å². The predicted molar refractivity (Wildman–Crippen MR) is 99.5 cm³/mol. The van der Waals surface area contributed by atoms with Crippen molar-refractivity contribution in [2.75, 3.05) is 6.61 Å². The summed E-state index contributed by atoms with van der Waals surface area (Å²) in [5.41, 5.74) is 0.240. The minimum atomic E-state index is -1.50. The van der Waals surface area contributed by atoms with E-state index in [0.29, 0.717) is 0 Å². The Bertz CT molecular complexity index is 892. The van der Waals surface area contributed by atoms with Crippen molar-refractivity contribution in [3.63, 3.8) is 0 Å². The number of fused-ring (bicyclic) bond motifs is 1. The first-order valence-corrected chi connectivity index (χ1v) is 9.68. The molecule has 2 heterocycles. The van der Waals surface area contributed by atoms with Gasteiger partial charge in [0.15, 0.2) is 0 Å². The number of nitrogens with zero attached hydrogens (tertiary/aromatic N) is 1. The number of rotatable bonds is 5. The normalized spacial score (nSPS) is 22.4. The fourth-order valence-electron chi connectivity index (χ4n) is 2.93. The minimum Gasteiger partial charge on any atom is -0.548 e. The monoisotopic (exact) mass is 466 g/mol. The summed E-state index contributed by atoms with van der Waals surface area (Å²) >= 11 is 13.1. The molecule has 3 rings (SSSR count). The number of aliphatic carboxylic acids is 1. The zero-order chi connectivity index (χ0) is 20.6. The molecule has 148 valence electrons. The van der Waals surface area contributed by atoms with Crippen molar-refractivity contribution in [3.8, 4) is 0 Å². The number of carboxylic acid groups (broad SMARTS) is 1. The Balaban J connectivity index is 0.00000300. The number of carboxylic acids is 1. The van der Waals surface area contributed by atoms with E-state index in [1.54, 1.807) is 6.07 Å². The van der Waals surface area contributed by atoms with Gasteiger partial charge >= 0.3 is 35.5 Å². The first-order valence-electron chi connectivity index (χ1n) is 7.98. The van der Waals surface area contributed by atoms with E-state index in [4.69, 9.17) is 27.9 Å². The number of benzene rings is 1. The third-order valence-electron chi connectivity index (χ3n) is 4.21. The number of thioether (sulfide) groups is 1. The molecule has 2 amide bonds. The van der Waals surface area contributed by atoms with E-state index in [-0.39, 0.29) is 57.3 Å². The Morgan fingerprint density at radius 1 is 1.28 bits per heavy atom. The predicted octanol–water partition coefficient (Wildman–Crippen LogP) is -2.42. The van der Waals surface area contributed by atoms with Crippen molar-refractivity contribution >= 4 is 58.7 Å². The van der Waals surface area contributed by atoms with Gasteiger partial charge in [0.2, 0.25) is 5.91 Å². The van der Waals surface area contributed by atoms with Crippen LogP contribution in [-0.2, 0) is 19.1 Å². The first-order chi connectivity index (χ1) is 13.2. The van der Waals surface area contributed by atoms with Crippen molar-refractivity contribution in [1.82, 2.24) is 10.2 Å². The topological polar surface area (TPSA) is 116 Å². The summed E-state index contributed by atoms with van der Waals surface area (Å²) in [5.74, 6) is -3.33. The maximum Gasteiger partial charge on any atom is 1.00 e. The van der Waals surface area contributed by atoms with Crippen LogP contribution in [0.1, 0.15) is 17.3 Å². The summed E-state index contributed by atoms with van der Waals surface area (Å²) in [6.45, 7) is 0.914. The molecule has 3 atom stereocenters. The van der Waals surface area contributed by atoms with Crippen molar-refractivity contribution in [2.45, 2.75) is 24.4 Å². The molecule has 1 aromatic rings. The van der Waals surface area contributed by atoms with Crippen LogP contribution in [0.3, 0.4) is 0 Å². The molecule has 0 unspecified atom stereocenters. The molecule has 0 bridgehead atoms. The number of β-lactam (4-membered cyclic amide) rings is 1. The van der Waals surface area contributed by atoms with Gasteiger partial charge in [-0.25, -0.2) is 0 Å². The van der Waals surface area contributed by atoms with Crippen LogP contribution in [0.25, 0.3) is 0 Å². The zero-order valence-corrected chi connectivity index (χ0v) is 19.6. The number of hydrogen-bond donors (Lipinski definition) is 1. The van der Waals surface area contributed by atoms with E-state index in [0.717, 1.165) is 16.7 Å². The van der Waals surface area contributed by atoms with Crippen LogP contribution in [-0.4, -0.2) is 52.7 Å². The van der Waals surface area contributed by atoms with Crippen molar-refractivity contribution in [3.05, 3.63) is 44.8 Å². The third-order valence-corrected chi connectivity index (χ3v) is 6.06. The van der Waals surface area contributed by atoms with Gasteiger partial charge in [0.25, 0.3) is 5.91 Å². The second kappa shape index (κ2) is 9.72. The summed E-state index contributed by atoms with van der Waals surface area (Å²) in [5, 5.41) is 15.2. The largest absolute Gasteiger partial charge is 1.00 e. The molecule has 2 aliphatic heterocycles. The first kappa shape index (κ1) is 24.0. The van der Waals surface area contributed by atoms with Crippen molar-refractivity contribution < 1.29 is 58.6 Å². The third kappa shape index (κ3) is 4.76. The van der Waals surface area contributed by atoms with E-state index in [2.05, 4.69) is 5.32 Å². The quantitative estimate of drug-likeness (QED) is 0.291. The molecule has 2 aliphatic rings. The Morgan fingerprint density at radius 3 is 2.45 bits per heavy atom. The molecule has 1 N–H and O–H groups in total. The van der Waals surface area contributed by atoms with Gasteiger partial charge in [-0.2, -0.15) is 0 Å². The SMILES string of the molecule is CC(=O)OCC1=CS[C@@H]2[C@H](NC(=O)c3c(Cl)cccc3Cl)C(=O)N2[C@H]1C(=O)[O-].[Na+]. The Labute approximate surface area is 202 Å². The zero-order valence-electron chi connectivity index (χ0n) is 15.3. The van der Waals surface area contributed by atoms with E-state index in [1.165, 1.54) is 24.5 Å². The molecule has 0 saturated carbocycles. The second-order valence-electron chi connectivity index (χ2n) is 6.01. The number of amides is 2. The minimum absolute atomic E-state index is 0. The van der Waals surface area contributed by atoms with Gasteiger partial charge in [-0.3, -0.25) is 14.4 Å². The molecule has 8 nitrogen and oxygen atoms in total. The Kier molecular flexibility index (Phi) is 8.06. The number of esters is 1. The standard InChI is InChI=1S/C17H14Cl2N2O6S.Na/c1-7(22)27-5-8-6-28-16-12(15(24)21(16)13(8)17(25)26)20-14(23)11-9(18)3-2-4-10(11)19;/h2-4,6,12-13,16H,5H2,1H3,(H,20,23)(H,25,26);/q;+1/p-1/t12-,13-,16-;/m1./s1. The van der Waals surface area contributed by atoms with Gasteiger partial charge in [0.1, 0.15) is 18.0 Å². The fraction of sp³-hybridized carbons (Fsp3) is 0.294. The van der Waals surface area contributed by atoms with Crippen LogP contribution in [0.15, 0.2) is 29.2 Å². The molecule has 29 heavy (non-hydrogen) atoms. The number of nitrogens with one attached hydrogen (secondary N) is 1. The average Bonchev–Trinajstić information content (AvgIpc) is 2.63. The van der Waals surface area contributed by atoms with Crippen LogP contribution in [0.2, 0.25) is 10.0 Å². The van der Waals surface area contributed by atoms with E-state index in [9.17, 15) is 24.3 Å². The molecule has 0 aliphatic carbocycles. The van der Waals surface area contributed by atoms with Crippen LogP contribution in [0.4, 0.5) is 0 Å². The maximum atomic E-state index is 12.5. The molecule has 1 fully saturated rings. The molecular formula is C17H13Cl2N2NaO6S. The van der Waals surface area contributed by atoms with Crippen molar-refractivity contribution in [2.24, 2.45) is 0 Å². The van der Waals surface area contributed by atoms with Crippen LogP contribution < -0.4 is 40.0 Å². The maximum absolute atomic E-state index is 12.5. The van der Waals surface area contributed by atoms with Gasteiger partial charge in [-0.1, -0.05) is 29.3 Å². The van der Waals surface area contributed by atoms with Crippen molar-refractivity contribution in [1.29, 1.82) is 0 Å². The number of carbonyl (C=O) groups excluding carboxylic acids is 4. The molecule has 0 aromatic heterocycles. The number of ether oxygens (including phenoxy) is 1. The molecule has 1 aromatic carbocycles. The molecule has 0 spiro atoms. The van der Waals surface area contributed by atoms with E-state index >= 15 is 0 Å². The molecular weight excluding hydrogens is 454 g/mol.